The number of benzene rings is 1. The van der Waals surface area contributed by atoms with E-state index in [4.69, 9.17) is 0 Å². The number of nitrogens with one attached hydrogen (secondary N) is 1. The SMILES string of the molecule is CC(C)(CCBr)NC(=O)c1c(F)c(F)c(F)c(F)c1F. The van der Waals surface area contributed by atoms with Crippen molar-refractivity contribution in [3.05, 3.63) is 34.6 Å². The standard InChI is InChI=1S/C12H11BrF5NO/c1-12(2,3-4-13)19-11(20)5-6(14)8(16)10(18)9(17)7(5)15/h3-4H2,1-2H3,(H,19,20). The van der Waals surface area contributed by atoms with Crippen LogP contribution in [0.1, 0.15) is 30.6 Å². The van der Waals surface area contributed by atoms with Crippen molar-refractivity contribution in [1.82, 2.24) is 5.32 Å². The first kappa shape index (κ1) is 16.9. The minimum absolute atomic E-state index is 0.397. The molecule has 0 fully saturated rings. The predicted octanol–water partition coefficient (Wildman–Crippen LogP) is 3.68. The van der Waals surface area contributed by atoms with E-state index in [1.54, 1.807) is 13.8 Å². The largest absolute Gasteiger partial charge is 0.347 e. The summed E-state index contributed by atoms with van der Waals surface area (Å²) >= 11 is 3.12. The van der Waals surface area contributed by atoms with Crippen LogP contribution in [0.4, 0.5) is 22.0 Å². The summed E-state index contributed by atoms with van der Waals surface area (Å²) in [5.74, 6) is -12.2. The topological polar surface area (TPSA) is 29.1 Å². The lowest BCUT2D eigenvalue weighted by molar-refractivity contribution is 0.0900. The number of hydrogen-bond donors (Lipinski definition) is 1. The van der Waals surface area contributed by atoms with Crippen molar-refractivity contribution in [2.24, 2.45) is 0 Å². The summed E-state index contributed by atoms with van der Waals surface area (Å²) in [5, 5.41) is 2.71. The average Bonchev–Trinajstić information content (AvgIpc) is 2.33. The molecule has 1 rings (SSSR count). The minimum atomic E-state index is -2.30. The summed E-state index contributed by atoms with van der Waals surface area (Å²) in [6.45, 7) is 3.11. The summed E-state index contributed by atoms with van der Waals surface area (Å²) in [6, 6.07) is 0. The molecule has 1 amide bonds. The van der Waals surface area contributed by atoms with Crippen LogP contribution in [0.5, 0.6) is 0 Å². The molecule has 0 heterocycles. The molecular formula is C12H11BrF5NO. The highest BCUT2D eigenvalue weighted by Crippen LogP contribution is 2.23. The normalized spacial score (nSPS) is 11.6. The van der Waals surface area contributed by atoms with Gasteiger partial charge >= 0.3 is 0 Å². The number of halogens is 6. The Morgan fingerprint density at radius 1 is 1.00 bits per heavy atom. The molecule has 2 nitrogen and oxygen atoms in total. The molecule has 1 N–H and O–H groups in total. The Bertz CT molecular complexity index is 518. The predicted molar refractivity (Wildman–Crippen MR) is 66.2 cm³/mol. The fraction of sp³-hybridized carbons (Fsp3) is 0.417. The number of alkyl halides is 1. The Hall–Kier alpha value is -1.18. The Labute approximate surface area is 120 Å². The van der Waals surface area contributed by atoms with E-state index in [1.165, 1.54) is 0 Å². The van der Waals surface area contributed by atoms with Crippen molar-refractivity contribution in [2.75, 3.05) is 5.33 Å². The molecule has 0 spiro atoms. The Morgan fingerprint density at radius 3 is 1.80 bits per heavy atom. The van der Waals surface area contributed by atoms with E-state index in [1.807, 2.05) is 0 Å². The first-order valence-electron chi connectivity index (χ1n) is 5.52. The Balaban J connectivity index is 3.24. The zero-order chi connectivity index (χ0) is 15.7. The number of hydrogen-bond acceptors (Lipinski definition) is 1. The van der Waals surface area contributed by atoms with Gasteiger partial charge in [0.05, 0.1) is 0 Å². The van der Waals surface area contributed by atoms with Crippen LogP contribution in [-0.4, -0.2) is 16.8 Å². The van der Waals surface area contributed by atoms with Crippen molar-refractivity contribution in [3.63, 3.8) is 0 Å². The van der Waals surface area contributed by atoms with Gasteiger partial charge in [-0.15, -0.1) is 0 Å². The molecule has 0 saturated heterocycles. The molecule has 1 aromatic carbocycles. The van der Waals surface area contributed by atoms with Crippen LogP contribution in [-0.2, 0) is 0 Å². The second kappa shape index (κ2) is 6.07. The summed E-state index contributed by atoms with van der Waals surface area (Å²) < 4.78 is 65.7. The molecule has 0 bridgehead atoms. The van der Waals surface area contributed by atoms with Crippen molar-refractivity contribution < 1.29 is 26.7 Å². The summed E-state index contributed by atoms with van der Waals surface area (Å²) in [7, 11) is 0. The molecule has 0 saturated carbocycles. The minimum Gasteiger partial charge on any atom is -0.347 e. The van der Waals surface area contributed by atoms with Gasteiger partial charge in [0.25, 0.3) is 5.91 Å². The van der Waals surface area contributed by atoms with Gasteiger partial charge in [-0.05, 0) is 20.3 Å². The van der Waals surface area contributed by atoms with Gasteiger partial charge in [-0.1, -0.05) is 15.9 Å². The molecule has 0 aliphatic rings. The molecule has 112 valence electrons. The Morgan fingerprint density at radius 2 is 1.40 bits per heavy atom. The van der Waals surface area contributed by atoms with Gasteiger partial charge in [-0.3, -0.25) is 4.79 Å². The highest BCUT2D eigenvalue weighted by molar-refractivity contribution is 9.09. The van der Waals surface area contributed by atoms with Crippen LogP contribution >= 0.6 is 15.9 Å². The van der Waals surface area contributed by atoms with Gasteiger partial charge in [-0.25, -0.2) is 22.0 Å². The maximum atomic E-state index is 13.4. The first-order valence-corrected chi connectivity index (χ1v) is 6.64. The summed E-state index contributed by atoms with van der Waals surface area (Å²) in [4.78, 5) is 11.7. The van der Waals surface area contributed by atoms with E-state index in [2.05, 4.69) is 21.2 Å². The van der Waals surface area contributed by atoms with Gasteiger partial charge in [-0.2, -0.15) is 0 Å². The summed E-state index contributed by atoms with van der Waals surface area (Å²) in [6.07, 6.45) is 0.397. The number of amides is 1. The fourth-order valence-corrected chi connectivity index (χ4v) is 2.46. The van der Waals surface area contributed by atoms with Gasteiger partial charge in [0, 0.05) is 10.9 Å². The smallest absolute Gasteiger partial charge is 0.257 e. The second-order valence-corrected chi connectivity index (χ2v) is 5.51. The molecule has 1 aromatic rings. The quantitative estimate of drug-likeness (QED) is 0.378. The monoisotopic (exact) mass is 359 g/mol. The molecule has 20 heavy (non-hydrogen) atoms. The summed E-state index contributed by atoms with van der Waals surface area (Å²) in [5.41, 5.74) is -2.36. The number of carbonyl (C=O) groups excluding carboxylic acids is 1. The van der Waals surface area contributed by atoms with E-state index in [-0.39, 0.29) is 0 Å². The van der Waals surface area contributed by atoms with Gasteiger partial charge in [0.2, 0.25) is 5.82 Å². The van der Waals surface area contributed by atoms with Crippen LogP contribution in [0.15, 0.2) is 0 Å². The second-order valence-electron chi connectivity index (χ2n) is 4.72. The molecular weight excluding hydrogens is 349 g/mol. The fourth-order valence-electron chi connectivity index (χ4n) is 1.47. The maximum Gasteiger partial charge on any atom is 0.257 e. The van der Waals surface area contributed by atoms with Crippen LogP contribution in [0.3, 0.4) is 0 Å². The van der Waals surface area contributed by atoms with Crippen molar-refractivity contribution in [1.29, 1.82) is 0 Å². The van der Waals surface area contributed by atoms with Gasteiger partial charge in [0.15, 0.2) is 23.3 Å². The lowest BCUT2D eigenvalue weighted by Crippen LogP contribution is -2.44. The zero-order valence-electron chi connectivity index (χ0n) is 10.6. The molecule has 0 atom stereocenters. The van der Waals surface area contributed by atoms with Crippen LogP contribution < -0.4 is 5.32 Å². The maximum absolute atomic E-state index is 13.4. The average molecular weight is 360 g/mol. The molecule has 0 unspecified atom stereocenters. The van der Waals surface area contributed by atoms with E-state index in [9.17, 15) is 26.7 Å². The molecule has 0 radical (unpaired) electrons. The van der Waals surface area contributed by atoms with E-state index >= 15 is 0 Å². The van der Waals surface area contributed by atoms with Gasteiger partial charge < -0.3 is 5.32 Å². The van der Waals surface area contributed by atoms with Crippen LogP contribution in [0.2, 0.25) is 0 Å². The highest BCUT2D eigenvalue weighted by atomic mass is 79.9. The van der Waals surface area contributed by atoms with Gasteiger partial charge in [0.1, 0.15) is 5.56 Å². The van der Waals surface area contributed by atoms with Crippen molar-refractivity contribution >= 4 is 21.8 Å². The van der Waals surface area contributed by atoms with E-state index < -0.39 is 46.1 Å². The third-order valence-corrected chi connectivity index (χ3v) is 3.00. The Kier molecular flexibility index (Phi) is 5.12. The van der Waals surface area contributed by atoms with Crippen LogP contribution in [0, 0.1) is 29.1 Å². The molecule has 0 aromatic heterocycles. The van der Waals surface area contributed by atoms with Crippen molar-refractivity contribution in [3.8, 4) is 0 Å². The number of rotatable bonds is 4. The zero-order valence-corrected chi connectivity index (χ0v) is 12.2. The molecule has 8 heteroatoms. The first-order chi connectivity index (χ1) is 9.12. The van der Waals surface area contributed by atoms with E-state index in [0.717, 1.165) is 0 Å². The number of carbonyl (C=O) groups is 1. The molecule has 0 aliphatic carbocycles. The lowest BCUT2D eigenvalue weighted by Gasteiger charge is -2.25. The van der Waals surface area contributed by atoms with Crippen molar-refractivity contribution in [2.45, 2.75) is 25.8 Å². The lowest BCUT2D eigenvalue weighted by atomic mass is 10.0. The highest BCUT2D eigenvalue weighted by Gasteiger charge is 2.31. The third kappa shape index (κ3) is 3.28. The molecule has 0 aliphatic heterocycles. The van der Waals surface area contributed by atoms with E-state index in [0.29, 0.717) is 11.8 Å². The third-order valence-electron chi connectivity index (χ3n) is 2.61. The van der Waals surface area contributed by atoms with Crippen LogP contribution in [0.25, 0.3) is 0 Å².